The Labute approximate surface area is 160 Å². The summed E-state index contributed by atoms with van der Waals surface area (Å²) in [7, 11) is 0. The summed E-state index contributed by atoms with van der Waals surface area (Å²) in [4.78, 5) is 12.1. The number of hydrogen-bond donors (Lipinski definition) is 2. The number of nitrogens with two attached hydrogens (primary N) is 2. The fourth-order valence-corrected chi connectivity index (χ4v) is 4.85. The SMILES string of the molecule is C=N/C(=C\N=C(C)Sc1ccccc1N)N1CCC2(CCC[C@H]2N)CC1. The Bertz CT molecular complexity index is 704. The van der Waals surface area contributed by atoms with Crippen LogP contribution in [-0.4, -0.2) is 35.8 Å². The molecule has 0 unspecified atom stereocenters. The van der Waals surface area contributed by atoms with Crippen LogP contribution >= 0.6 is 11.8 Å². The maximum atomic E-state index is 6.38. The number of likely N-dealkylation sites (tertiary alicyclic amines) is 1. The van der Waals surface area contributed by atoms with Crippen LogP contribution < -0.4 is 11.5 Å². The number of nitrogen functional groups attached to an aromatic ring is 1. The fourth-order valence-electron chi connectivity index (χ4n) is 4.10. The van der Waals surface area contributed by atoms with Crippen LogP contribution in [0.3, 0.4) is 0 Å². The number of rotatable bonds is 4. The average molecular weight is 372 g/mol. The van der Waals surface area contributed by atoms with Crippen LogP contribution in [0.1, 0.15) is 39.0 Å². The van der Waals surface area contributed by atoms with Crippen LogP contribution in [0.25, 0.3) is 0 Å². The van der Waals surface area contributed by atoms with Gasteiger partial charge in [-0.05, 0) is 56.9 Å². The molecule has 1 atom stereocenters. The maximum absolute atomic E-state index is 6.38. The predicted octanol–water partition coefficient (Wildman–Crippen LogP) is 3.87. The number of anilines is 1. The smallest absolute Gasteiger partial charge is 0.146 e. The molecule has 1 saturated carbocycles. The molecule has 1 aliphatic heterocycles. The van der Waals surface area contributed by atoms with Gasteiger partial charge in [0.05, 0.1) is 11.2 Å². The van der Waals surface area contributed by atoms with Gasteiger partial charge in [0.25, 0.3) is 0 Å². The largest absolute Gasteiger partial charge is 0.398 e. The van der Waals surface area contributed by atoms with Crippen molar-refractivity contribution in [3.8, 4) is 0 Å². The normalized spacial score (nSPS) is 23.5. The number of piperidine rings is 1. The van der Waals surface area contributed by atoms with Crippen molar-refractivity contribution in [2.45, 2.75) is 50.0 Å². The molecule has 3 rings (SSSR count). The van der Waals surface area contributed by atoms with Crippen LogP contribution in [0.4, 0.5) is 5.69 Å². The summed E-state index contributed by atoms with van der Waals surface area (Å²) in [5, 5.41) is 0.926. The van der Waals surface area contributed by atoms with Gasteiger partial charge in [-0.1, -0.05) is 30.3 Å². The number of nitrogens with zero attached hydrogens (tertiary/aromatic N) is 3. The lowest BCUT2D eigenvalue weighted by atomic mass is 9.74. The highest BCUT2D eigenvalue weighted by molar-refractivity contribution is 8.14. The van der Waals surface area contributed by atoms with Gasteiger partial charge in [-0.2, -0.15) is 0 Å². The van der Waals surface area contributed by atoms with E-state index in [1.807, 2.05) is 37.4 Å². The second-order valence-corrected chi connectivity index (χ2v) is 8.52. The molecule has 1 aromatic rings. The van der Waals surface area contributed by atoms with E-state index in [9.17, 15) is 0 Å². The van der Waals surface area contributed by atoms with Crippen molar-refractivity contribution < 1.29 is 0 Å². The molecule has 4 N–H and O–H groups in total. The standard InChI is InChI=1S/C20H29N5S/c1-15(26-17-7-4-3-6-16(17)21)24-14-19(23-2)25-12-10-20(11-13-25)9-5-8-18(20)22/h3-4,6-7,14,18H,2,5,8-13,21-22H2,1H3/b19-14+,24-15?/t18-/m1/s1. The monoisotopic (exact) mass is 371 g/mol. The van der Waals surface area contributed by atoms with E-state index in [4.69, 9.17) is 11.5 Å². The van der Waals surface area contributed by atoms with Crippen LogP contribution in [0.2, 0.25) is 0 Å². The molecule has 1 aliphatic carbocycles. The van der Waals surface area contributed by atoms with E-state index in [0.29, 0.717) is 11.5 Å². The highest BCUT2D eigenvalue weighted by Crippen LogP contribution is 2.45. The second kappa shape index (κ2) is 8.27. The topological polar surface area (TPSA) is 80.0 Å². The van der Waals surface area contributed by atoms with Crippen LogP contribution in [0.15, 0.2) is 51.2 Å². The summed E-state index contributed by atoms with van der Waals surface area (Å²) in [6.07, 6.45) is 7.81. The predicted molar refractivity (Wildman–Crippen MR) is 113 cm³/mol. The fraction of sp³-hybridized carbons (Fsp3) is 0.500. The van der Waals surface area contributed by atoms with Crippen LogP contribution in [0.5, 0.6) is 0 Å². The van der Waals surface area contributed by atoms with Gasteiger partial charge in [-0.3, -0.25) is 4.99 Å². The van der Waals surface area contributed by atoms with Crippen molar-refractivity contribution in [2.24, 2.45) is 21.1 Å². The minimum Gasteiger partial charge on any atom is -0.398 e. The van der Waals surface area contributed by atoms with E-state index in [2.05, 4.69) is 21.6 Å². The minimum absolute atomic E-state index is 0.350. The molecule has 0 radical (unpaired) electrons. The first-order chi connectivity index (χ1) is 12.5. The van der Waals surface area contributed by atoms with Gasteiger partial charge in [-0.25, -0.2) is 4.99 Å². The highest BCUT2D eigenvalue weighted by Gasteiger charge is 2.43. The number of para-hydroxylation sites is 1. The van der Waals surface area contributed by atoms with Crippen LogP contribution in [-0.2, 0) is 0 Å². The van der Waals surface area contributed by atoms with E-state index >= 15 is 0 Å². The van der Waals surface area contributed by atoms with Crippen molar-refractivity contribution in [1.82, 2.24) is 4.90 Å². The molecule has 0 aromatic heterocycles. The lowest BCUT2D eigenvalue weighted by Gasteiger charge is -2.42. The zero-order valence-electron chi connectivity index (χ0n) is 15.5. The Morgan fingerprint density at radius 3 is 2.65 bits per heavy atom. The Hall–Kier alpha value is -1.79. The molecule has 1 spiro atoms. The number of aliphatic imine (C=N–C) groups is 2. The molecule has 0 bridgehead atoms. The molecule has 1 saturated heterocycles. The van der Waals surface area contributed by atoms with E-state index in [0.717, 1.165) is 47.4 Å². The highest BCUT2D eigenvalue weighted by atomic mass is 32.2. The van der Waals surface area contributed by atoms with Gasteiger partial charge in [-0.15, -0.1) is 0 Å². The molecule has 1 heterocycles. The first-order valence-electron chi connectivity index (χ1n) is 9.28. The van der Waals surface area contributed by atoms with Crippen LogP contribution in [0, 0.1) is 5.41 Å². The number of benzene rings is 1. The van der Waals surface area contributed by atoms with Gasteiger partial charge in [0.2, 0.25) is 0 Å². The Kier molecular flexibility index (Phi) is 6.04. The minimum atomic E-state index is 0.350. The van der Waals surface area contributed by atoms with Gasteiger partial charge >= 0.3 is 0 Å². The molecule has 0 amide bonds. The van der Waals surface area contributed by atoms with Gasteiger partial charge < -0.3 is 16.4 Å². The van der Waals surface area contributed by atoms with E-state index in [-0.39, 0.29) is 0 Å². The summed E-state index contributed by atoms with van der Waals surface area (Å²) in [6.45, 7) is 7.67. The summed E-state index contributed by atoms with van der Waals surface area (Å²) >= 11 is 1.57. The van der Waals surface area contributed by atoms with E-state index < -0.39 is 0 Å². The summed E-state index contributed by atoms with van der Waals surface area (Å²) in [5.41, 5.74) is 13.5. The Morgan fingerprint density at radius 1 is 1.31 bits per heavy atom. The van der Waals surface area contributed by atoms with E-state index in [1.54, 1.807) is 11.8 Å². The lowest BCUT2D eigenvalue weighted by molar-refractivity contribution is 0.115. The molecule has 1 aromatic carbocycles. The molecule has 26 heavy (non-hydrogen) atoms. The average Bonchev–Trinajstić information content (AvgIpc) is 2.99. The Morgan fingerprint density at radius 2 is 2.04 bits per heavy atom. The maximum Gasteiger partial charge on any atom is 0.146 e. The molecule has 5 nitrogen and oxygen atoms in total. The Balaban J connectivity index is 1.63. The molecule has 2 aliphatic rings. The van der Waals surface area contributed by atoms with Crippen molar-refractivity contribution in [1.29, 1.82) is 0 Å². The molecule has 2 fully saturated rings. The van der Waals surface area contributed by atoms with Gasteiger partial charge in [0.15, 0.2) is 0 Å². The van der Waals surface area contributed by atoms with Crippen molar-refractivity contribution in [2.75, 3.05) is 18.8 Å². The molecular formula is C20H29N5S. The van der Waals surface area contributed by atoms with Gasteiger partial charge in [0, 0.05) is 29.7 Å². The lowest BCUT2D eigenvalue weighted by Crippen LogP contribution is -2.46. The molecular weight excluding hydrogens is 342 g/mol. The zero-order valence-corrected chi connectivity index (χ0v) is 16.3. The summed E-state index contributed by atoms with van der Waals surface area (Å²) in [6, 6.07) is 8.19. The van der Waals surface area contributed by atoms with Crippen molar-refractivity contribution >= 4 is 29.2 Å². The quantitative estimate of drug-likeness (QED) is 0.364. The second-order valence-electron chi connectivity index (χ2n) is 7.28. The zero-order chi connectivity index (χ0) is 18.6. The first-order valence-corrected chi connectivity index (χ1v) is 10.1. The van der Waals surface area contributed by atoms with Crippen molar-refractivity contribution in [3.05, 3.63) is 36.3 Å². The third kappa shape index (κ3) is 4.13. The third-order valence-electron chi connectivity index (χ3n) is 5.76. The van der Waals surface area contributed by atoms with Gasteiger partial charge in [0.1, 0.15) is 5.82 Å². The third-order valence-corrected chi connectivity index (χ3v) is 6.75. The molecule has 6 heteroatoms. The number of thioether (sulfide) groups is 1. The summed E-state index contributed by atoms with van der Waals surface area (Å²) < 4.78 is 0. The summed E-state index contributed by atoms with van der Waals surface area (Å²) in [5.74, 6) is 0.840. The van der Waals surface area contributed by atoms with Crippen molar-refractivity contribution in [3.63, 3.8) is 0 Å². The molecule has 140 valence electrons. The first kappa shape index (κ1) is 19.0. The van der Waals surface area contributed by atoms with E-state index in [1.165, 1.54) is 19.3 Å². The number of hydrogen-bond acceptors (Lipinski definition) is 6.